The molecule has 0 aliphatic carbocycles. The summed E-state index contributed by atoms with van der Waals surface area (Å²) in [4.78, 5) is 16.8. The largest absolute Gasteiger partial charge is 0.494 e. The zero-order chi connectivity index (χ0) is 28.9. The molecule has 40 heavy (non-hydrogen) atoms. The van der Waals surface area contributed by atoms with Gasteiger partial charge >= 0.3 is 0 Å². The van der Waals surface area contributed by atoms with Gasteiger partial charge in [-0.25, -0.2) is 4.68 Å². The summed E-state index contributed by atoms with van der Waals surface area (Å²) in [5.41, 5.74) is 8.70. The number of aromatic nitrogens is 3. The highest BCUT2D eigenvalue weighted by molar-refractivity contribution is 5.93. The van der Waals surface area contributed by atoms with Crippen LogP contribution in [0, 0.1) is 13.8 Å². The number of pyridine rings is 1. The molecule has 2 heterocycles. The second-order valence-corrected chi connectivity index (χ2v) is 11.0. The van der Waals surface area contributed by atoms with E-state index in [1.807, 2.05) is 19.1 Å². The maximum Gasteiger partial charge on any atom is 0.254 e. The van der Waals surface area contributed by atoms with Crippen LogP contribution in [0.15, 0.2) is 73.3 Å². The van der Waals surface area contributed by atoms with Crippen LogP contribution in [0.5, 0.6) is 5.75 Å². The number of amides is 1. The Hall–Kier alpha value is -4.39. The number of nitrogens with one attached hydrogen (secondary N) is 2. The fourth-order valence-electron chi connectivity index (χ4n) is 4.54. The molecule has 0 saturated heterocycles. The second kappa shape index (κ2) is 12.2. The number of aryl methyl sites for hydroxylation is 2. The Morgan fingerprint density at radius 3 is 2.45 bits per heavy atom. The molecule has 0 unspecified atom stereocenters. The van der Waals surface area contributed by atoms with E-state index in [2.05, 4.69) is 91.7 Å². The third kappa shape index (κ3) is 6.60. The molecule has 208 valence electrons. The van der Waals surface area contributed by atoms with Crippen molar-refractivity contribution in [2.45, 2.75) is 59.9 Å². The van der Waals surface area contributed by atoms with Crippen molar-refractivity contribution >= 4 is 17.3 Å². The predicted octanol–water partition coefficient (Wildman–Crippen LogP) is 6.98. The van der Waals surface area contributed by atoms with Gasteiger partial charge in [0.15, 0.2) is 0 Å². The van der Waals surface area contributed by atoms with E-state index in [0.29, 0.717) is 12.1 Å². The van der Waals surface area contributed by atoms with E-state index in [-0.39, 0.29) is 11.3 Å². The summed E-state index contributed by atoms with van der Waals surface area (Å²) in [5.74, 6) is 0.656. The van der Waals surface area contributed by atoms with Gasteiger partial charge < -0.3 is 15.4 Å². The summed E-state index contributed by atoms with van der Waals surface area (Å²) in [7, 11) is 1.71. The van der Waals surface area contributed by atoms with Gasteiger partial charge in [0.2, 0.25) is 0 Å². The first-order valence-corrected chi connectivity index (χ1v) is 13.6. The summed E-state index contributed by atoms with van der Waals surface area (Å²) < 4.78 is 7.56. The summed E-state index contributed by atoms with van der Waals surface area (Å²) in [6, 6.07) is 14.4. The molecule has 0 aliphatic heterocycles. The fourth-order valence-corrected chi connectivity index (χ4v) is 4.54. The Labute approximate surface area is 237 Å². The number of hydrogen-bond donors (Lipinski definition) is 2. The third-order valence-corrected chi connectivity index (χ3v) is 6.84. The summed E-state index contributed by atoms with van der Waals surface area (Å²) in [6.07, 6.45) is 9.82. The number of rotatable bonds is 9. The zero-order valence-electron chi connectivity index (χ0n) is 24.5. The van der Waals surface area contributed by atoms with Crippen molar-refractivity contribution < 1.29 is 9.53 Å². The van der Waals surface area contributed by atoms with Crippen molar-refractivity contribution in [3.63, 3.8) is 0 Å². The van der Waals surface area contributed by atoms with E-state index in [9.17, 15) is 4.79 Å². The van der Waals surface area contributed by atoms with Crippen LogP contribution in [-0.2, 0) is 12.0 Å². The van der Waals surface area contributed by atoms with E-state index < -0.39 is 0 Å². The van der Waals surface area contributed by atoms with E-state index in [1.165, 1.54) is 5.56 Å². The van der Waals surface area contributed by atoms with Gasteiger partial charge in [0, 0.05) is 30.8 Å². The van der Waals surface area contributed by atoms with Gasteiger partial charge in [-0.2, -0.15) is 5.10 Å². The number of hydrogen-bond acceptors (Lipinski definition) is 5. The molecule has 0 spiro atoms. The lowest BCUT2D eigenvalue weighted by Crippen LogP contribution is -2.22. The number of carbonyl (C=O) groups is 1. The van der Waals surface area contributed by atoms with Gasteiger partial charge in [-0.05, 0) is 77.8 Å². The first-order valence-electron chi connectivity index (χ1n) is 13.6. The smallest absolute Gasteiger partial charge is 0.254 e. The van der Waals surface area contributed by atoms with E-state index >= 15 is 0 Å². The first kappa shape index (κ1) is 28.6. The van der Waals surface area contributed by atoms with Crippen LogP contribution in [-0.4, -0.2) is 27.8 Å². The number of anilines is 1. The maximum absolute atomic E-state index is 12.8. The highest BCUT2D eigenvalue weighted by Crippen LogP contribution is 2.37. The molecule has 0 aliphatic rings. The molecule has 4 rings (SSSR count). The predicted molar refractivity (Wildman–Crippen MR) is 162 cm³/mol. The number of ether oxygens (including phenoxy) is 1. The SMILES string of the molecule is CCC=C(Nc1cc(C(C)(C)C)cc(C)c1OC)c1ccc(C)c(-n2cc(C(=O)NCc3ccncc3)cn2)c1. The van der Waals surface area contributed by atoms with E-state index in [1.54, 1.807) is 36.6 Å². The molecule has 0 fully saturated rings. The summed E-state index contributed by atoms with van der Waals surface area (Å²) in [6.45, 7) is 13.3. The minimum absolute atomic E-state index is 0.00151. The molecule has 4 aromatic rings. The normalized spacial score (nSPS) is 11.8. The number of allylic oxidation sites excluding steroid dienone is 1. The molecule has 1 amide bonds. The molecular formula is C33H39N5O2. The molecule has 2 aromatic heterocycles. The Kier molecular flexibility index (Phi) is 8.73. The van der Waals surface area contributed by atoms with Crippen molar-refractivity contribution in [3.8, 4) is 11.4 Å². The molecule has 0 saturated carbocycles. The first-order chi connectivity index (χ1) is 19.1. The Morgan fingerprint density at radius 2 is 1.77 bits per heavy atom. The molecule has 2 aromatic carbocycles. The minimum atomic E-state index is -0.175. The fraction of sp³-hybridized carbons (Fsp3) is 0.303. The summed E-state index contributed by atoms with van der Waals surface area (Å²) >= 11 is 0. The number of carbonyl (C=O) groups excluding carboxylic acids is 1. The van der Waals surface area contributed by atoms with Gasteiger partial charge in [-0.3, -0.25) is 9.78 Å². The zero-order valence-corrected chi connectivity index (χ0v) is 24.5. The van der Waals surface area contributed by atoms with Crippen LogP contribution in [0.2, 0.25) is 0 Å². The van der Waals surface area contributed by atoms with Crippen molar-refractivity contribution in [3.05, 3.63) is 107 Å². The van der Waals surface area contributed by atoms with Gasteiger partial charge in [-0.15, -0.1) is 0 Å². The van der Waals surface area contributed by atoms with E-state index in [0.717, 1.165) is 51.5 Å². The minimum Gasteiger partial charge on any atom is -0.494 e. The Balaban J connectivity index is 1.62. The summed E-state index contributed by atoms with van der Waals surface area (Å²) in [5, 5.41) is 11.1. The average Bonchev–Trinajstić information content (AvgIpc) is 3.42. The monoisotopic (exact) mass is 537 g/mol. The lowest BCUT2D eigenvalue weighted by molar-refractivity contribution is 0.0951. The van der Waals surface area contributed by atoms with Crippen LogP contribution >= 0.6 is 0 Å². The number of benzene rings is 2. The lowest BCUT2D eigenvalue weighted by atomic mass is 9.85. The Bertz CT molecular complexity index is 1510. The maximum atomic E-state index is 12.8. The third-order valence-electron chi connectivity index (χ3n) is 6.84. The lowest BCUT2D eigenvalue weighted by Gasteiger charge is -2.24. The molecule has 0 bridgehead atoms. The van der Waals surface area contributed by atoms with Gasteiger partial charge in [0.1, 0.15) is 5.75 Å². The quantitative estimate of drug-likeness (QED) is 0.241. The van der Waals surface area contributed by atoms with Crippen molar-refractivity contribution in [2.24, 2.45) is 0 Å². The second-order valence-electron chi connectivity index (χ2n) is 11.0. The van der Waals surface area contributed by atoms with Crippen molar-refractivity contribution in [1.29, 1.82) is 0 Å². The van der Waals surface area contributed by atoms with Crippen molar-refractivity contribution in [2.75, 3.05) is 12.4 Å². The average molecular weight is 538 g/mol. The molecule has 7 nitrogen and oxygen atoms in total. The molecule has 0 radical (unpaired) electrons. The number of methoxy groups -OCH3 is 1. The van der Waals surface area contributed by atoms with Gasteiger partial charge in [0.25, 0.3) is 5.91 Å². The Morgan fingerprint density at radius 1 is 1.02 bits per heavy atom. The van der Waals surface area contributed by atoms with Crippen LogP contribution in [0.25, 0.3) is 11.4 Å². The van der Waals surface area contributed by atoms with Crippen molar-refractivity contribution in [1.82, 2.24) is 20.1 Å². The van der Waals surface area contributed by atoms with Crippen LogP contribution in [0.3, 0.4) is 0 Å². The van der Waals surface area contributed by atoms with Crippen LogP contribution in [0.4, 0.5) is 5.69 Å². The topological polar surface area (TPSA) is 81.1 Å². The van der Waals surface area contributed by atoms with Crippen LogP contribution < -0.4 is 15.4 Å². The van der Waals surface area contributed by atoms with Crippen LogP contribution in [0.1, 0.15) is 72.3 Å². The standard InChI is InChI=1S/C33H39N5O2/c1-8-9-28(37-29-18-27(33(4,5)6)16-23(3)31(29)40-7)25-11-10-22(2)30(17-25)38-21-26(20-36-38)32(39)35-19-24-12-14-34-15-13-24/h9-18,20-21,37H,8,19H2,1-7H3,(H,35,39). The molecular weight excluding hydrogens is 498 g/mol. The molecule has 0 atom stereocenters. The number of nitrogens with zero attached hydrogens (tertiary/aromatic N) is 3. The highest BCUT2D eigenvalue weighted by atomic mass is 16.5. The molecule has 7 heteroatoms. The van der Waals surface area contributed by atoms with E-state index in [4.69, 9.17) is 4.74 Å². The van der Waals surface area contributed by atoms with Gasteiger partial charge in [-0.1, -0.05) is 52.0 Å². The highest BCUT2D eigenvalue weighted by Gasteiger charge is 2.19. The van der Waals surface area contributed by atoms with Gasteiger partial charge in [0.05, 0.1) is 30.2 Å². The molecule has 2 N–H and O–H groups in total.